The molecule has 0 aromatic rings. The summed E-state index contributed by atoms with van der Waals surface area (Å²) in [4.78, 5) is 22.0. The number of alkyl halides is 6. The van der Waals surface area contributed by atoms with E-state index in [0.717, 1.165) is 6.08 Å². The van der Waals surface area contributed by atoms with Crippen molar-refractivity contribution in [2.75, 3.05) is 19.0 Å². The predicted octanol–water partition coefficient (Wildman–Crippen LogP) is 2.01. The molecule has 0 rings (SSSR count). The molecule has 0 unspecified atom stereocenters. The zero-order valence-corrected chi connectivity index (χ0v) is 9.69. The van der Waals surface area contributed by atoms with E-state index >= 15 is 0 Å². The van der Waals surface area contributed by atoms with Crippen LogP contribution in [-0.4, -0.2) is 47.7 Å². The van der Waals surface area contributed by atoms with Crippen LogP contribution >= 0.6 is 11.6 Å². The van der Waals surface area contributed by atoms with E-state index in [0.29, 0.717) is 0 Å². The molecule has 0 aliphatic rings. The Morgan fingerprint density at radius 2 is 1.72 bits per heavy atom. The van der Waals surface area contributed by atoms with Gasteiger partial charge in [-0.15, -0.1) is 18.2 Å². The van der Waals surface area contributed by atoms with Crippen molar-refractivity contribution in [3.63, 3.8) is 0 Å². The number of Topliss-reactive ketones (excluding diaryl/α,β-unsaturated/α-hetero) is 1. The first-order chi connectivity index (χ1) is 8.07. The van der Waals surface area contributed by atoms with Crippen LogP contribution < -0.4 is 0 Å². The molecule has 1 amide bonds. The van der Waals surface area contributed by atoms with Gasteiger partial charge < -0.3 is 4.90 Å². The maximum Gasteiger partial charge on any atom is 0.463 e. The molecule has 18 heavy (non-hydrogen) atoms. The molecule has 0 saturated carbocycles. The third-order valence-electron chi connectivity index (χ3n) is 1.78. The highest BCUT2D eigenvalue weighted by molar-refractivity contribution is 6.28. The first kappa shape index (κ1) is 16.8. The minimum Gasteiger partial charge on any atom is -0.326 e. The summed E-state index contributed by atoms with van der Waals surface area (Å²) in [6, 6.07) is 0. The molecule has 3 nitrogen and oxygen atoms in total. The molecule has 0 aromatic heterocycles. The number of hydrogen-bond donors (Lipinski definition) is 0. The molecule has 0 aromatic carbocycles. The summed E-state index contributed by atoms with van der Waals surface area (Å²) in [5.41, 5.74) is 0. The Bertz CT molecular complexity index is 342. The zero-order chi connectivity index (χ0) is 14.6. The smallest absolute Gasteiger partial charge is 0.326 e. The SMILES string of the molecule is C=CCN(CC(=O)CCl)C(=O)C(F)(F)C(F)(F)F. The summed E-state index contributed by atoms with van der Waals surface area (Å²) in [7, 11) is 0. The summed E-state index contributed by atoms with van der Waals surface area (Å²) in [5, 5.41) is 0. The second kappa shape index (κ2) is 6.12. The van der Waals surface area contributed by atoms with Crippen molar-refractivity contribution in [2.24, 2.45) is 0 Å². The molecule has 0 radical (unpaired) electrons. The van der Waals surface area contributed by atoms with Crippen LogP contribution in [0, 0.1) is 0 Å². The van der Waals surface area contributed by atoms with Gasteiger partial charge in [-0.25, -0.2) is 0 Å². The van der Waals surface area contributed by atoms with E-state index in [9.17, 15) is 31.5 Å². The minimum atomic E-state index is -6.02. The molecule has 0 spiro atoms. The van der Waals surface area contributed by atoms with Crippen molar-refractivity contribution >= 4 is 23.3 Å². The topological polar surface area (TPSA) is 37.4 Å². The van der Waals surface area contributed by atoms with Crippen molar-refractivity contribution in [3.8, 4) is 0 Å². The van der Waals surface area contributed by atoms with Crippen LogP contribution in [0.4, 0.5) is 22.0 Å². The first-order valence-corrected chi connectivity index (χ1v) is 5.03. The highest BCUT2D eigenvalue weighted by atomic mass is 35.5. The molecule has 0 bridgehead atoms. The van der Waals surface area contributed by atoms with Crippen LogP contribution in [-0.2, 0) is 9.59 Å². The van der Waals surface area contributed by atoms with Gasteiger partial charge in [-0.3, -0.25) is 9.59 Å². The molecular formula is C9H9ClF5NO2. The van der Waals surface area contributed by atoms with E-state index in [1.807, 2.05) is 0 Å². The standard InChI is InChI=1S/C9H9ClF5NO2/c1-2-3-16(5-6(17)4-10)7(18)8(11,12)9(13,14)15/h2H,1,3-5H2. The number of amides is 1. The van der Waals surface area contributed by atoms with Crippen molar-refractivity contribution < 1.29 is 31.5 Å². The molecule has 9 heteroatoms. The van der Waals surface area contributed by atoms with Crippen LogP contribution in [0.2, 0.25) is 0 Å². The molecule has 0 aliphatic carbocycles. The van der Waals surface area contributed by atoms with Gasteiger partial charge in [-0.1, -0.05) is 6.08 Å². The number of halogens is 6. The van der Waals surface area contributed by atoms with E-state index in [2.05, 4.69) is 6.58 Å². The normalized spacial score (nSPS) is 12.1. The fraction of sp³-hybridized carbons (Fsp3) is 0.556. The fourth-order valence-electron chi connectivity index (χ4n) is 0.950. The van der Waals surface area contributed by atoms with Gasteiger partial charge in [0.05, 0.1) is 12.4 Å². The number of nitrogens with zero attached hydrogens (tertiary/aromatic N) is 1. The zero-order valence-electron chi connectivity index (χ0n) is 8.94. The lowest BCUT2D eigenvalue weighted by Gasteiger charge is -2.26. The van der Waals surface area contributed by atoms with Crippen LogP contribution in [0.15, 0.2) is 12.7 Å². The van der Waals surface area contributed by atoms with E-state index in [-0.39, 0.29) is 4.90 Å². The van der Waals surface area contributed by atoms with Crippen molar-refractivity contribution in [3.05, 3.63) is 12.7 Å². The first-order valence-electron chi connectivity index (χ1n) is 4.50. The number of rotatable bonds is 6. The quantitative estimate of drug-likeness (QED) is 0.427. The van der Waals surface area contributed by atoms with E-state index in [1.165, 1.54) is 0 Å². The lowest BCUT2D eigenvalue weighted by Crippen LogP contribution is -2.53. The van der Waals surface area contributed by atoms with Crippen molar-refractivity contribution in [1.29, 1.82) is 0 Å². The van der Waals surface area contributed by atoms with Gasteiger partial charge in [0, 0.05) is 6.54 Å². The maximum absolute atomic E-state index is 12.8. The minimum absolute atomic E-state index is 0.0468. The Hall–Kier alpha value is -1.18. The second-order valence-corrected chi connectivity index (χ2v) is 3.49. The Morgan fingerprint density at radius 1 is 1.22 bits per heavy atom. The van der Waals surface area contributed by atoms with Gasteiger partial charge in [0.1, 0.15) is 0 Å². The van der Waals surface area contributed by atoms with E-state index in [1.54, 1.807) is 0 Å². The Kier molecular flexibility index (Phi) is 5.72. The molecule has 0 saturated heterocycles. The van der Waals surface area contributed by atoms with Crippen molar-refractivity contribution in [1.82, 2.24) is 4.90 Å². The second-order valence-electron chi connectivity index (χ2n) is 3.22. The average molecular weight is 294 g/mol. The Balaban J connectivity index is 5.08. The van der Waals surface area contributed by atoms with Gasteiger partial charge in [-0.2, -0.15) is 22.0 Å². The summed E-state index contributed by atoms with van der Waals surface area (Å²) in [6.45, 7) is 1.55. The number of carbonyl (C=O) groups excluding carboxylic acids is 2. The van der Waals surface area contributed by atoms with Crippen LogP contribution in [0.5, 0.6) is 0 Å². The fourth-order valence-corrected chi connectivity index (χ4v) is 1.03. The average Bonchev–Trinajstić information content (AvgIpc) is 2.25. The number of hydrogen-bond acceptors (Lipinski definition) is 2. The third-order valence-corrected chi connectivity index (χ3v) is 2.08. The molecule has 0 fully saturated rings. The Labute approximate surface area is 104 Å². The monoisotopic (exact) mass is 293 g/mol. The van der Waals surface area contributed by atoms with Crippen LogP contribution in [0.3, 0.4) is 0 Å². The summed E-state index contributed by atoms with van der Waals surface area (Å²) in [6.07, 6.45) is -5.10. The highest BCUT2D eigenvalue weighted by Crippen LogP contribution is 2.36. The molecule has 104 valence electrons. The summed E-state index contributed by atoms with van der Waals surface area (Å²) in [5.74, 6) is -9.51. The van der Waals surface area contributed by atoms with Gasteiger partial charge in [0.15, 0.2) is 5.78 Å². The lowest BCUT2D eigenvalue weighted by molar-refractivity contribution is -0.274. The molecular weight excluding hydrogens is 285 g/mol. The number of ketones is 1. The third kappa shape index (κ3) is 3.94. The molecule has 0 aliphatic heterocycles. The van der Waals surface area contributed by atoms with Gasteiger partial charge in [-0.05, 0) is 0 Å². The molecule has 0 atom stereocenters. The number of carbonyl (C=O) groups is 2. The summed E-state index contributed by atoms with van der Waals surface area (Å²) >= 11 is 5.08. The van der Waals surface area contributed by atoms with Gasteiger partial charge >= 0.3 is 18.0 Å². The lowest BCUT2D eigenvalue weighted by atomic mass is 10.2. The maximum atomic E-state index is 12.8. The van der Waals surface area contributed by atoms with Crippen LogP contribution in [0.25, 0.3) is 0 Å². The van der Waals surface area contributed by atoms with E-state index in [4.69, 9.17) is 11.6 Å². The molecule has 0 N–H and O–H groups in total. The Morgan fingerprint density at radius 3 is 2.06 bits per heavy atom. The highest BCUT2D eigenvalue weighted by Gasteiger charge is 2.64. The van der Waals surface area contributed by atoms with E-state index < -0.39 is 42.8 Å². The van der Waals surface area contributed by atoms with Gasteiger partial charge in [0.25, 0.3) is 0 Å². The largest absolute Gasteiger partial charge is 0.463 e. The van der Waals surface area contributed by atoms with Gasteiger partial charge in [0.2, 0.25) is 0 Å². The van der Waals surface area contributed by atoms with Crippen molar-refractivity contribution in [2.45, 2.75) is 12.1 Å². The van der Waals surface area contributed by atoms with Crippen LogP contribution in [0.1, 0.15) is 0 Å². The molecule has 0 heterocycles. The predicted molar refractivity (Wildman–Crippen MR) is 53.5 cm³/mol. The summed E-state index contributed by atoms with van der Waals surface area (Å²) < 4.78 is 61.4.